The molecule has 2 aliphatic heterocycles. The number of piperidine rings is 2. The molecule has 10 rings (SSSR count). The number of fused-ring (bicyclic) bond motifs is 4. The number of nitrogens with two attached hydrogens (primary N) is 1. The standard InChI is InChI=1S/C39H46N6O3/c1-42-35-29(16-26(18-32(35)48-2)37(46)45-21-25-8-9-30(45)33(25)40)41-36(42)31-17-24-4-3-5-27(34(24)44(31)20-22-6-7-22)23-10-14-43(15-11-23)38(47)28-19-39(28)12-13-39/h3-5,16-18,22-23,25,28,30,33H,6-15,19-21,40H2,1-2H3/t25-,28?,30-,33?/m1/s1. The predicted octanol–water partition coefficient (Wildman–Crippen LogP) is 5.68. The molecule has 4 heterocycles. The fourth-order valence-corrected chi connectivity index (χ4v) is 9.92. The number of carbonyl (C=O) groups is 2. The molecule has 4 aromatic rings. The number of hydrogen-bond donors (Lipinski definition) is 1. The number of aromatic nitrogens is 3. The van der Waals surface area contributed by atoms with Crippen molar-refractivity contribution < 1.29 is 14.3 Å². The smallest absolute Gasteiger partial charge is 0.254 e. The minimum atomic E-state index is 0.0227. The molecule has 1 spiro atoms. The van der Waals surface area contributed by atoms with E-state index in [1.807, 2.05) is 17.0 Å². The summed E-state index contributed by atoms with van der Waals surface area (Å²) < 4.78 is 10.6. The number of ether oxygens (including phenoxy) is 1. The molecular formula is C39H46N6O3. The average Bonchev–Trinajstić information content (AvgIpc) is 4.08. The lowest BCUT2D eigenvalue weighted by Crippen LogP contribution is -2.41. The van der Waals surface area contributed by atoms with Gasteiger partial charge in [-0.05, 0) is 105 Å². The second-order valence-corrected chi connectivity index (χ2v) is 16.1. The molecule has 4 saturated carbocycles. The number of rotatable bonds is 7. The molecule has 2 aromatic heterocycles. The van der Waals surface area contributed by atoms with Crippen LogP contribution in [0.5, 0.6) is 5.75 Å². The van der Waals surface area contributed by atoms with Crippen LogP contribution in [0.1, 0.15) is 79.6 Å². The van der Waals surface area contributed by atoms with Crippen LogP contribution in [0.2, 0.25) is 0 Å². The number of benzene rings is 2. The number of aryl methyl sites for hydroxylation is 1. The number of hydrogen-bond acceptors (Lipinski definition) is 5. The Morgan fingerprint density at radius 3 is 2.50 bits per heavy atom. The van der Waals surface area contributed by atoms with Gasteiger partial charge in [0.1, 0.15) is 11.3 Å². The molecule has 6 aliphatic rings. The minimum absolute atomic E-state index is 0.0227. The summed E-state index contributed by atoms with van der Waals surface area (Å²) >= 11 is 0. The third-order valence-electron chi connectivity index (χ3n) is 13.3. The van der Waals surface area contributed by atoms with E-state index in [1.165, 1.54) is 42.1 Å². The number of para-hydroxylation sites is 1. The van der Waals surface area contributed by atoms with Gasteiger partial charge in [-0.1, -0.05) is 18.2 Å². The van der Waals surface area contributed by atoms with E-state index < -0.39 is 0 Å². The highest BCUT2D eigenvalue weighted by atomic mass is 16.5. The van der Waals surface area contributed by atoms with Crippen molar-refractivity contribution in [3.63, 3.8) is 0 Å². The van der Waals surface area contributed by atoms with Crippen molar-refractivity contribution in [2.45, 2.75) is 82.3 Å². The van der Waals surface area contributed by atoms with Gasteiger partial charge in [-0.15, -0.1) is 0 Å². The van der Waals surface area contributed by atoms with Crippen LogP contribution < -0.4 is 10.5 Å². The van der Waals surface area contributed by atoms with E-state index in [-0.39, 0.29) is 18.0 Å². The second-order valence-electron chi connectivity index (χ2n) is 16.1. The summed E-state index contributed by atoms with van der Waals surface area (Å²) in [6.45, 7) is 3.43. The molecule has 6 fully saturated rings. The molecule has 2 amide bonds. The molecule has 2 bridgehead atoms. The zero-order valence-electron chi connectivity index (χ0n) is 28.2. The predicted molar refractivity (Wildman–Crippen MR) is 185 cm³/mol. The molecule has 250 valence electrons. The molecule has 4 aliphatic carbocycles. The van der Waals surface area contributed by atoms with E-state index in [2.05, 4.69) is 45.3 Å². The van der Waals surface area contributed by atoms with Gasteiger partial charge in [0.2, 0.25) is 5.91 Å². The molecular weight excluding hydrogens is 600 g/mol. The van der Waals surface area contributed by atoms with E-state index in [9.17, 15) is 9.59 Å². The lowest BCUT2D eigenvalue weighted by atomic mass is 9.88. The van der Waals surface area contributed by atoms with Crippen LogP contribution in [0, 0.1) is 23.2 Å². The van der Waals surface area contributed by atoms with Gasteiger partial charge in [-0.25, -0.2) is 4.98 Å². The van der Waals surface area contributed by atoms with Gasteiger partial charge in [0, 0.05) is 62.2 Å². The minimum Gasteiger partial charge on any atom is -0.494 e. The molecule has 9 nitrogen and oxygen atoms in total. The highest BCUT2D eigenvalue weighted by Crippen LogP contribution is 2.71. The monoisotopic (exact) mass is 646 g/mol. The summed E-state index contributed by atoms with van der Waals surface area (Å²) in [5, 5.41) is 1.24. The second kappa shape index (κ2) is 10.3. The zero-order chi connectivity index (χ0) is 32.5. The van der Waals surface area contributed by atoms with Gasteiger partial charge in [0.15, 0.2) is 5.82 Å². The molecule has 4 atom stereocenters. The van der Waals surface area contributed by atoms with Crippen molar-refractivity contribution >= 4 is 33.8 Å². The lowest BCUT2D eigenvalue weighted by Gasteiger charge is -2.33. The summed E-state index contributed by atoms with van der Waals surface area (Å²) in [4.78, 5) is 36.4. The maximum absolute atomic E-state index is 13.8. The normalized spacial score (nSPS) is 27.5. The Balaban J connectivity index is 1.01. The van der Waals surface area contributed by atoms with Crippen molar-refractivity contribution in [1.82, 2.24) is 23.9 Å². The van der Waals surface area contributed by atoms with Crippen LogP contribution in [-0.4, -0.2) is 74.6 Å². The van der Waals surface area contributed by atoms with Crippen molar-refractivity contribution in [2.24, 2.45) is 36.0 Å². The van der Waals surface area contributed by atoms with Gasteiger partial charge in [0.05, 0.1) is 23.8 Å². The molecule has 48 heavy (non-hydrogen) atoms. The van der Waals surface area contributed by atoms with Crippen molar-refractivity contribution in [3.8, 4) is 17.3 Å². The first kappa shape index (κ1) is 29.1. The molecule has 2 unspecified atom stereocenters. The van der Waals surface area contributed by atoms with Crippen molar-refractivity contribution in [1.29, 1.82) is 0 Å². The number of likely N-dealkylation sites (tertiary alicyclic amines) is 2. The quantitative estimate of drug-likeness (QED) is 0.279. The summed E-state index contributed by atoms with van der Waals surface area (Å²) in [5.74, 6) is 3.80. The Hall–Kier alpha value is -3.85. The van der Waals surface area contributed by atoms with E-state index in [0.29, 0.717) is 46.3 Å². The number of carbonyl (C=O) groups excluding carboxylic acids is 2. The van der Waals surface area contributed by atoms with Gasteiger partial charge in [-0.3, -0.25) is 9.59 Å². The van der Waals surface area contributed by atoms with Crippen LogP contribution in [-0.2, 0) is 18.4 Å². The Morgan fingerprint density at radius 1 is 1.02 bits per heavy atom. The summed E-state index contributed by atoms with van der Waals surface area (Å²) in [7, 11) is 3.73. The third kappa shape index (κ3) is 4.35. The Labute approximate surface area is 281 Å². The Morgan fingerprint density at radius 2 is 1.83 bits per heavy atom. The largest absolute Gasteiger partial charge is 0.494 e. The zero-order valence-corrected chi connectivity index (χ0v) is 28.2. The van der Waals surface area contributed by atoms with E-state index in [1.54, 1.807) is 7.11 Å². The molecule has 2 aromatic carbocycles. The number of imidazole rings is 1. The van der Waals surface area contributed by atoms with E-state index in [0.717, 1.165) is 80.8 Å². The fraction of sp³-hybridized carbons (Fsp3) is 0.564. The van der Waals surface area contributed by atoms with Crippen LogP contribution in [0.3, 0.4) is 0 Å². The fourth-order valence-electron chi connectivity index (χ4n) is 9.92. The van der Waals surface area contributed by atoms with Crippen LogP contribution in [0.25, 0.3) is 33.5 Å². The van der Waals surface area contributed by atoms with Crippen molar-refractivity contribution in [2.75, 3.05) is 26.7 Å². The molecule has 9 heteroatoms. The highest BCUT2D eigenvalue weighted by Gasteiger charge is 2.66. The number of methoxy groups -OCH3 is 1. The Bertz CT molecular complexity index is 1990. The van der Waals surface area contributed by atoms with Gasteiger partial charge >= 0.3 is 0 Å². The van der Waals surface area contributed by atoms with Crippen LogP contribution in [0.15, 0.2) is 36.4 Å². The first-order chi connectivity index (χ1) is 23.3. The highest BCUT2D eigenvalue weighted by molar-refractivity contribution is 6.00. The molecule has 2 N–H and O–H groups in total. The summed E-state index contributed by atoms with van der Waals surface area (Å²) in [5.41, 5.74) is 13.0. The van der Waals surface area contributed by atoms with Crippen LogP contribution >= 0.6 is 0 Å². The number of nitrogens with zero attached hydrogens (tertiary/aromatic N) is 5. The van der Waals surface area contributed by atoms with Gasteiger partial charge < -0.3 is 29.4 Å². The maximum Gasteiger partial charge on any atom is 0.254 e. The van der Waals surface area contributed by atoms with Crippen LogP contribution in [0.4, 0.5) is 0 Å². The van der Waals surface area contributed by atoms with Gasteiger partial charge in [0.25, 0.3) is 5.91 Å². The average molecular weight is 647 g/mol. The third-order valence-corrected chi connectivity index (χ3v) is 13.3. The van der Waals surface area contributed by atoms with E-state index >= 15 is 0 Å². The SMILES string of the molecule is COc1cc(C(=O)N2C[C@H]3CC[C@@H]2C3N)cc2nc(-c3cc4cccc(C5CCN(C(=O)C6CC67CC7)CC5)c4n3CC3CC3)n(C)c12. The first-order valence-corrected chi connectivity index (χ1v) is 18.4. The molecule has 0 radical (unpaired) electrons. The summed E-state index contributed by atoms with van der Waals surface area (Å²) in [6.07, 6.45) is 10.3. The Kier molecular flexibility index (Phi) is 6.26. The first-order valence-electron chi connectivity index (χ1n) is 18.4. The number of amides is 2. The van der Waals surface area contributed by atoms with Gasteiger partial charge in [-0.2, -0.15) is 0 Å². The van der Waals surface area contributed by atoms with E-state index in [4.69, 9.17) is 15.5 Å². The lowest BCUT2D eigenvalue weighted by molar-refractivity contribution is -0.134. The maximum atomic E-state index is 13.8. The summed E-state index contributed by atoms with van der Waals surface area (Å²) in [6, 6.07) is 13.1. The topological polar surface area (TPSA) is 98.6 Å². The molecule has 2 saturated heterocycles. The van der Waals surface area contributed by atoms with Crippen molar-refractivity contribution in [3.05, 3.63) is 47.5 Å².